The number of nitrogens with zero attached hydrogens (tertiary/aromatic N) is 1. The number of sulfone groups is 1. The van der Waals surface area contributed by atoms with Crippen LogP contribution in [0.1, 0.15) is 6.42 Å². The monoisotopic (exact) mass is 388 g/mol. The summed E-state index contributed by atoms with van der Waals surface area (Å²) >= 11 is 0. The fourth-order valence-electron chi connectivity index (χ4n) is 2.36. The molecule has 10 heteroatoms. The first-order valence-electron chi connectivity index (χ1n) is 7.36. The summed E-state index contributed by atoms with van der Waals surface area (Å²) in [6, 6.07) is 4.15. The van der Waals surface area contributed by atoms with Crippen molar-refractivity contribution in [3.05, 3.63) is 29.7 Å². The van der Waals surface area contributed by atoms with Crippen LogP contribution in [-0.4, -0.2) is 54.0 Å². The van der Waals surface area contributed by atoms with Crippen molar-refractivity contribution in [1.29, 1.82) is 0 Å². The van der Waals surface area contributed by atoms with E-state index in [1.165, 1.54) is 45.5 Å². The minimum atomic E-state index is -3.66. The number of ether oxygens (including phenoxy) is 1. The number of carbonyl (C=O) groups excluding carboxylic acids is 1. The van der Waals surface area contributed by atoms with Gasteiger partial charge in [0.05, 0.1) is 23.4 Å². The van der Waals surface area contributed by atoms with Gasteiger partial charge in [-0.1, -0.05) is 6.08 Å². The number of sulfonamides is 1. The standard InChI is InChI=1S/C15H20N2O6S2/c1-17(2)25(21,22)12-4-5-14(23-3)13(9-12)16-15(18)8-11-6-7-24(19,20)10-11/h4-7,9,11H,8,10H2,1-3H3,(H,16,18). The van der Waals surface area contributed by atoms with Gasteiger partial charge in [0.25, 0.3) is 0 Å². The number of allylic oxidation sites excluding steroid dienone is 1. The van der Waals surface area contributed by atoms with Crippen molar-refractivity contribution in [3.63, 3.8) is 0 Å². The molecular formula is C15H20N2O6S2. The van der Waals surface area contributed by atoms with Crippen LogP contribution in [-0.2, 0) is 24.7 Å². The third kappa shape index (κ3) is 4.59. The van der Waals surface area contributed by atoms with E-state index in [0.717, 1.165) is 9.71 Å². The van der Waals surface area contributed by atoms with Crippen molar-refractivity contribution in [1.82, 2.24) is 4.31 Å². The third-order valence-electron chi connectivity index (χ3n) is 3.68. The molecule has 8 nitrogen and oxygen atoms in total. The highest BCUT2D eigenvalue weighted by molar-refractivity contribution is 7.94. The van der Waals surface area contributed by atoms with Gasteiger partial charge in [-0.2, -0.15) is 0 Å². The molecule has 0 aromatic heterocycles. The molecule has 0 saturated carbocycles. The lowest BCUT2D eigenvalue weighted by Crippen LogP contribution is -2.23. The molecule has 1 amide bonds. The molecule has 1 aliphatic heterocycles. The topological polar surface area (TPSA) is 110 Å². The van der Waals surface area contributed by atoms with Gasteiger partial charge < -0.3 is 10.1 Å². The Labute approximate surface area is 147 Å². The molecule has 2 rings (SSSR count). The summed E-state index contributed by atoms with van der Waals surface area (Å²) in [6.07, 6.45) is 1.46. The van der Waals surface area contributed by atoms with Crippen LogP contribution in [0, 0.1) is 5.92 Å². The lowest BCUT2D eigenvalue weighted by Gasteiger charge is -2.15. The number of amides is 1. The average Bonchev–Trinajstić information content (AvgIpc) is 2.85. The van der Waals surface area contributed by atoms with E-state index in [2.05, 4.69) is 5.32 Å². The highest BCUT2D eigenvalue weighted by Crippen LogP contribution is 2.29. The minimum Gasteiger partial charge on any atom is -0.495 e. The van der Waals surface area contributed by atoms with Gasteiger partial charge in [0.2, 0.25) is 15.9 Å². The normalized spacial score (nSPS) is 19.1. The van der Waals surface area contributed by atoms with Crippen molar-refractivity contribution < 1.29 is 26.4 Å². The van der Waals surface area contributed by atoms with Crippen LogP contribution in [0.2, 0.25) is 0 Å². The van der Waals surface area contributed by atoms with Crippen LogP contribution in [0.15, 0.2) is 34.6 Å². The molecule has 1 N–H and O–H groups in total. The van der Waals surface area contributed by atoms with E-state index in [9.17, 15) is 21.6 Å². The lowest BCUT2D eigenvalue weighted by atomic mass is 10.1. The van der Waals surface area contributed by atoms with Crippen LogP contribution in [0.25, 0.3) is 0 Å². The average molecular weight is 388 g/mol. The van der Waals surface area contributed by atoms with E-state index < -0.39 is 31.7 Å². The smallest absolute Gasteiger partial charge is 0.242 e. The molecule has 0 bridgehead atoms. The summed E-state index contributed by atoms with van der Waals surface area (Å²) in [5.41, 5.74) is 0.209. The summed E-state index contributed by atoms with van der Waals surface area (Å²) < 4.78 is 53.4. The Morgan fingerprint density at radius 2 is 2.04 bits per heavy atom. The number of methoxy groups -OCH3 is 1. The predicted molar refractivity (Wildman–Crippen MR) is 93.5 cm³/mol. The van der Waals surface area contributed by atoms with E-state index in [4.69, 9.17) is 4.74 Å². The first-order chi connectivity index (χ1) is 11.5. The number of anilines is 1. The molecule has 1 unspecified atom stereocenters. The van der Waals surface area contributed by atoms with Crippen LogP contribution in [0.5, 0.6) is 5.75 Å². The second-order valence-corrected chi connectivity index (χ2v) is 9.90. The number of benzene rings is 1. The number of hydrogen-bond donors (Lipinski definition) is 1. The molecule has 1 aromatic carbocycles. The Kier molecular flexibility index (Phi) is 5.55. The van der Waals surface area contributed by atoms with Gasteiger partial charge in [-0.05, 0) is 18.2 Å². The maximum absolute atomic E-state index is 12.2. The summed E-state index contributed by atoms with van der Waals surface area (Å²) in [7, 11) is -2.68. The Bertz CT molecular complexity index is 904. The maximum atomic E-state index is 12.2. The molecule has 25 heavy (non-hydrogen) atoms. The van der Waals surface area contributed by atoms with Gasteiger partial charge in [-0.15, -0.1) is 0 Å². The second kappa shape index (κ2) is 7.14. The molecule has 0 spiro atoms. The SMILES string of the molecule is COc1ccc(S(=O)(=O)N(C)C)cc1NC(=O)CC1C=CS(=O)(=O)C1. The van der Waals surface area contributed by atoms with Crippen molar-refractivity contribution >= 4 is 31.5 Å². The lowest BCUT2D eigenvalue weighted by molar-refractivity contribution is -0.116. The van der Waals surface area contributed by atoms with Gasteiger partial charge in [0, 0.05) is 31.8 Å². The van der Waals surface area contributed by atoms with Crippen molar-refractivity contribution in [2.75, 3.05) is 32.3 Å². The predicted octanol–water partition coefficient (Wildman–Crippen LogP) is 0.832. The maximum Gasteiger partial charge on any atom is 0.242 e. The number of carbonyl (C=O) groups is 1. The third-order valence-corrected chi connectivity index (χ3v) is 6.95. The van der Waals surface area contributed by atoms with E-state index in [-0.39, 0.29) is 22.8 Å². The molecule has 0 radical (unpaired) electrons. The van der Waals surface area contributed by atoms with Gasteiger partial charge in [0.15, 0.2) is 9.84 Å². The molecule has 1 aliphatic rings. The van der Waals surface area contributed by atoms with Crippen molar-refractivity contribution in [2.45, 2.75) is 11.3 Å². The van der Waals surface area contributed by atoms with Gasteiger partial charge >= 0.3 is 0 Å². The minimum absolute atomic E-state index is 0.0111. The van der Waals surface area contributed by atoms with Gasteiger partial charge in [-0.3, -0.25) is 4.79 Å². The molecule has 1 atom stereocenters. The summed E-state index contributed by atoms with van der Waals surface area (Å²) in [4.78, 5) is 12.2. The summed E-state index contributed by atoms with van der Waals surface area (Å²) in [5, 5.41) is 3.70. The van der Waals surface area contributed by atoms with Crippen molar-refractivity contribution in [2.24, 2.45) is 5.92 Å². The molecule has 0 saturated heterocycles. The number of hydrogen-bond acceptors (Lipinski definition) is 6. The quantitative estimate of drug-likeness (QED) is 0.773. The highest BCUT2D eigenvalue weighted by Gasteiger charge is 2.25. The zero-order valence-corrected chi connectivity index (χ0v) is 15.7. The Hall–Kier alpha value is -1.91. The fraction of sp³-hybridized carbons (Fsp3) is 0.400. The molecule has 0 fully saturated rings. The van der Waals surface area contributed by atoms with E-state index in [1.54, 1.807) is 0 Å². The first kappa shape index (κ1) is 19.4. The number of nitrogens with one attached hydrogen (secondary N) is 1. The zero-order valence-electron chi connectivity index (χ0n) is 14.1. The first-order valence-corrected chi connectivity index (χ1v) is 10.5. The van der Waals surface area contributed by atoms with Crippen LogP contribution in [0.4, 0.5) is 5.69 Å². The van der Waals surface area contributed by atoms with Gasteiger partial charge in [-0.25, -0.2) is 21.1 Å². The highest BCUT2D eigenvalue weighted by atomic mass is 32.2. The van der Waals surface area contributed by atoms with Crippen LogP contribution >= 0.6 is 0 Å². The van der Waals surface area contributed by atoms with Crippen LogP contribution in [0.3, 0.4) is 0 Å². The summed E-state index contributed by atoms with van der Waals surface area (Å²) in [6.45, 7) is 0. The van der Waals surface area contributed by atoms with Gasteiger partial charge in [0.1, 0.15) is 5.75 Å². The Morgan fingerprint density at radius 1 is 1.36 bits per heavy atom. The summed E-state index contributed by atoms with van der Waals surface area (Å²) in [5.74, 6) is -0.623. The van der Waals surface area contributed by atoms with Crippen molar-refractivity contribution in [3.8, 4) is 5.75 Å². The number of rotatable bonds is 6. The molecule has 1 aromatic rings. The zero-order chi connectivity index (χ0) is 18.8. The van der Waals surface area contributed by atoms with E-state index >= 15 is 0 Å². The van der Waals surface area contributed by atoms with E-state index in [0.29, 0.717) is 5.75 Å². The molecule has 1 heterocycles. The molecule has 0 aliphatic carbocycles. The Balaban J connectivity index is 2.20. The largest absolute Gasteiger partial charge is 0.495 e. The fourth-order valence-corrected chi connectivity index (χ4v) is 4.69. The second-order valence-electron chi connectivity index (χ2n) is 5.82. The van der Waals surface area contributed by atoms with Crippen LogP contribution < -0.4 is 10.1 Å². The Morgan fingerprint density at radius 3 is 2.56 bits per heavy atom. The van der Waals surface area contributed by atoms with E-state index in [1.807, 2.05) is 0 Å². The molecular weight excluding hydrogens is 368 g/mol. The molecule has 138 valence electrons.